The lowest BCUT2D eigenvalue weighted by atomic mass is 10.0. The van der Waals surface area contributed by atoms with E-state index in [0.717, 1.165) is 5.56 Å². The number of hydrogen-bond donors (Lipinski definition) is 2. The lowest BCUT2D eigenvalue weighted by Crippen LogP contribution is -2.52. The minimum atomic E-state index is -0.838. The molecular formula is C15H21N3O3. The normalized spacial score (nSPS) is 24.3. The number of carbonyl (C=O) groups is 2. The second kappa shape index (κ2) is 6.69. The fourth-order valence-electron chi connectivity index (χ4n) is 2.78. The van der Waals surface area contributed by atoms with E-state index < -0.39 is 18.0 Å². The number of urea groups is 1. The maximum atomic E-state index is 12.4. The summed E-state index contributed by atoms with van der Waals surface area (Å²) >= 11 is 0. The van der Waals surface area contributed by atoms with Gasteiger partial charge in [-0.2, -0.15) is 0 Å². The van der Waals surface area contributed by atoms with E-state index in [1.807, 2.05) is 49.1 Å². The van der Waals surface area contributed by atoms with Crippen LogP contribution in [0, 0.1) is 0 Å². The summed E-state index contributed by atoms with van der Waals surface area (Å²) in [6, 6.07) is 7.98. The summed E-state index contributed by atoms with van der Waals surface area (Å²) in [7, 11) is 0. The molecule has 6 heteroatoms. The van der Waals surface area contributed by atoms with E-state index in [9.17, 15) is 9.59 Å². The van der Waals surface area contributed by atoms with Crippen molar-refractivity contribution in [1.82, 2.24) is 10.2 Å². The van der Waals surface area contributed by atoms with Gasteiger partial charge in [0.2, 0.25) is 5.91 Å². The summed E-state index contributed by atoms with van der Waals surface area (Å²) in [5.41, 5.74) is 5.91. The Balaban J connectivity index is 2.27. The first-order valence-corrected chi connectivity index (χ1v) is 7.02. The van der Waals surface area contributed by atoms with Crippen molar-refractivity contribution in [2.75, 3.05) is 13.1 Å². The molecule has 1 aliphatic heterocycles. The molecule has 1 fully saturated rings. The van der Waals surface area contributed by atoms with Gasteiger partial charge in [0.05, 0.1) is 12.2 Å². The summed E-state index contributed by atoms with van der Waals surface area (Å²) in [6.07, 6.45) is 0.0580. The molecule has 0 radical (unpaired) electrons. The Kier molecular flexibility index (Phi) is 4.93. The van der Waals surface area contributed by atoms with Gasteiger partial charge in [-0.1, -0.05) is 30.3 Å². The van der Waals surface area contributed by atoms with Gasteiger partial charge in [-0.05, 0) is 19.4 Å². The van der Waals surface area contributed by atoms with Crippen LogP contribution in [0.15, 0.2) is 30.3 Å². The van der Waals surface area contributed by atoms with Crippen LogP contribution in [0.5, 0.6) is 0 Å². The fourth-order valence-corrected chi connectivity index (χ4v) is 2.78. The SMILES string of the molecule is C[C@@H]1CN([C@@H](C(=O)NC(N)=O)c2ccccc2)C[C@H](C)O1. The van der Waals surface area contributed by atoms with E-state index in [1.165, 1.54) is 0 Å². The average molecular weight is 291 g/mol. The van der Waals surface area contributed by atoms with Gasteiger partial charge in [0.15, 0.2) is 0 Å². The Hall–Kier alpha value is -1.92. The van der Waals surface area contributed by atoms with Gasteiger partial charge in [0, 0.05) is 13.1 Å². The highest BCUT2D eigenvalue weighted by Gasteiger charge is 2.33. The second-order valence-corrected chi connectivity index (χ2v) is 5.38. The van der Waals surface area contributed by atoms with Crippen LogP contribution in [-0.2, 0) is 9.53 Å². The number of primary amides is 1. The molecule has 0 unspecified atom stereocenters. The predicted molar refractivity (Wildman–Crippen MR) is 78.5 cm³/mol. The van der Waals surface area contributed by atoms with Crippen molar-refractivity contribution < 1.29 is 14.3 Å². The molecule has 1 aromatic carbocycles. The number of nitrogens with zero attached hydrogens (tertiary/aromatic N) is 1. The van der Waals surface area contributed by atoms with Crippen LogP contribution in [0.25, 0.3) is 0 Å². The number of amides is 3. The zero-order valence-electron chi connectivity index (χ0n) is 12.3. The molecule has 0 aromatic heterocycles. The van der Waals surface area contributed by atoms with E-state index in [2.05, 4.69) is 5.32 Å². The molecule has 1 saturated heterocycles. The number of carbonyl (C=O) groups excluding carboxylic acids is 2. The van der Waals surface area contributed by atoms with Gasteiger partial charge >= 0.3 is 6.03 Å². The van der Waals surface area contributed by atoms with Crippen LogP contribution in [-0.4, -0.2) is 42.1 Å². The highest BCUT2D eigenvalue weighted by atomic mass is 16.5. The number of hydrogen-bond acceptors (Lipinski definition) is 4. The molecule has 2 rings (SSSR count). The zero-order valence-corrected chi connectivity index (χ0v) is 12.3. The van der Waals surface area contributed by atoms with Crippen LogP contribution in [0.1, 0.15) is 25.5 Å². The van der Waals surface area contributed by atoms with Crippen molar-refractivity contribution in [3.8, 4) is 0 Å². The van der Waals surface area contributed by atoms with E-state index in [0.29, 0.717) is 13.1 Å². The van der Waals surface area contributed by atoms with Crippen LogP contribution < -0.4 is 11.1 Å². The number of imide groups is 1. The van der Waals surface area contributed by atoms with Gasteiger partial charge in [0.25, 0.3) is 0 Å². The Labute approximate surface area is 124 Å². The third kappa shape index (κ3) is 4.03. The molecule has 21 heavy (non-hydrogen) atoms. The summed E-state index contributed by atoms with van der Waals surface area (Å²) in [6.45, 7) is 5.18. The van der Waals surface area contributed by atoms with Crippen molar-refractivity contribution in [2.24, 2.45) is 5.73 Å². The summed E-state index contributed by atoms with van der Waals surface area (Å²) in [4.78, 5) is 25.4. The molecule has 114 valence electrons. The Morgan fingerprint density at radius 3 is 2.33 bits per heavy atom. The number of nitrogens with one attached hydrogen (secondary N) is 1. The number of ether oxygens (including phenoxy) is 1. The molecular weight excluding hydrogens is 270 g/mol. The largest absolute Gasteiger partial charge is 0.373 e. The second-order valence-electron chi connectivity index (χ2n) is 5.38. The molecule has 3 atom stereocenters. The molecule has 3 amide bonds. The standard InChI is InChI=1S/C15H21N3O3/c1-10-8-18(9-11(2)21-10)13(14(19)17-15(16)20)12-6-4-3-5-7-12/h3-7,10-11,13H,8-9H2,1-2H3,(H3,16,17,19,20)/t10-,11+,13-/m1/s1. The first kappa shape index (κ1) is 15.5. The molecule has 1 aliphatic rings. The van der Waals surface area contributed by atoms with E-state index in [1.54, 1.807) is 0 Å². The monoisotopic (exact) mass is 291 g/mol. The molecule has 6 nitrogen and oxygen atoms in total. The van der Waals surface area contributed by atoms with Crippen molar-refractivity contribution in [1.29, 1.82) is 0 Å². The van der Waals surface area contributed by atoms with E-state index >= 15 is 0 Å². The lowest BCUT2D eigenvalue weighted by molar-refractivity contribution is -0.132. The van der Waals surface area contributed by atoms with Gasteiger partial charge < -0.3 is 10.5 Å². The van der Waals surface area contributed by atoms with Gasteiger partial charge in [-0.3, -0.25) is 15.0 Å². The smallest absolute Gasteiger partial charge is 0.318 e. The molecule has 3 N–H and O–H groups in total. The quantitative estimate of drug-likeness (QED) is 0.871. The number of morpholine rings is 1. The first-order chi connectivity index (χ1) is 9.97. The van der Waals surface area contributed by atoms with Crippen molar-refractivity contribution >= 4 is 11.9 Å². The van der Waals surface area contributed by atoms with Gasteiger partial charge in [-0.25, -0.2) is 4.79 Å². The zero-order chi connectivity index (χ0) is 15.4. The molecule has 1 heterocycles. The highest BCUT2D eigenvalue weighted by Crippen LogP contribution is 2.25. The van der Waals surface area contributed by atoms with Crippen LogP contribution in [0.2, 0.25) is 0 Å². The van der Waals surface area contributed by atoms with Crippen molar-refractivity contribution in [3.05, 3.63) is 35.9 Å². The third-order valence-electron chi connectivity index (χ3n) is 3.42. The van der Waals surface area contributed by atoms with Crippen LogP contribution in [0.3, 0.4) is 0 Å². The Morgan fingerprint density at radius 2 is 1.81 bits per heavy atom. The summed E-state index contributed by atoms with van der Waals surface area (Å²) in [5, 5.41) is 2.19. The average Bonchev–Trinajstić information content (AvgIpc) is 2.38. The number of rotatable bonds is 3. The Bertz CT molecular complexity index is 496. The predicted octanol–water partition coefficient (Wildman–Crippen LogP) is 1.03. The number of benzene rings is 1. The molecule has 0 spiro atoms. The highest BCUT2D eigenvalue weighted by molar-refractivity contribution is 5.96. The van der Waals surface area contributed by atoms with E-state index in [4.69, 9.17) is 10.5 Å². The Morgan fingerprint density at radius 1 is 1.24 bits per heavy atom. The number of nitrogens with two attached hydrogens (primary N) is 1. The minimum Gasteiger partial charge on any atom is -0.373 e. The maximum Gasteiger partial charge on any atom is 0.318 e. The van der Waals surface area contributed by atoms with Crippen LogP contribution >= 0.6 is 0 Å². The fraction of sp³-hybridized carbons (Fsp3) is 0.467. The topological polar surface area (TPSA) is 84.7 Å². The van der Waals surface area contributed by atoms with Gasteiger partial charge in [0.1, 0.15) is 6.04 Å². The summed E-state index contributed by atoms with van der Waals surface area (Å²) < 4.78 is 5.70. The molecule has 0 saturated carbocycles. The molecule has 1 aromatic rings. The minimum absolute atomic E-state index is 0.0290. The van der Waals surface area contributed by atoms with E-state index in [-0.39, 0.29) is 12.2 Å². The maximum absolute atomic E-state index is 12.4. The summed E-state index contributed by atoms with van der Waals surface area (Å²) in [5.74, 6) is -0.407. The lowest BCUT2D eigenvalue weighted by Gasteiger charge is -2.39. The third-order valence-corrected chi connectivity index (χ3v) is 3.42. The molecule has 0 aliphatic carbocycles. The van der Waals surface area contributed by atoms with Crippen molar-refractivity contribution in [2.45, 2.75) is 32.1 Å². The molecule has 0 bridgehead atoms. The van der Waals surface area contributed by atoms with Crippen LogP contribution in [0.4, 0.5) is 4.79 Å². The van der Waals surface area contributed by atoms with Gasteiger partial charge in [-0.15, -0.1) is 0 Å². The first-order valence-electron chi connectivity index (χ1n) is 7.02. The van der Waals surface area contributed by atoms with Crippen molar-refractivity contribution in [3.63, 3.8) is 0 Å².